The molecule has 0 unspecified atom stereocenters. The number of nitrogens with zero attached hydrogens (tertiary/aromatic N) is 1. The zero-order valence-electron chi connectivity index (χ0n) is 9.84. The van der Waals surface area contributed by atoms with Crippen molar-refractivity contribution in [1.29, 1.82) is 0 Å². The fraction of sp³-hybridized carbons (Fsp3) is 0.769. The molecule has 0 aromatic heterocycles. The van der Waals surface area contributed by atoms with E-state index < -0.39 is 0 Å². The molecule has 0 amide bonds. The van der Waals surface area contributed by atoms with Gasteiger partial charge >= 0.3 is 0 Å². The van der Waals surface area contributed by atoms with Crippen LogP contribution < -0.4 is 0 Å². The molecule has 1 heterocycles. The Balaban J connectivity index is 0.000000280. The molecule has 1 rings (SSSR count). The molecule has 0 aromatic carbocycles. The van der Waals surface area contributed by atoms with Crippen LogP contribution in [0.1, 0.15) is 58.8 Å². The van der Waals surface area contributed by atoms with Gasteiger partial charge in [-0.15, -0.1) is 0 Å². The Morgan fingerprint density at radius 2 is 1.50 bits per heavy atom. The molecular formula is C13H25N. The van der Waals surface area contributed by atoms with Gasteiger partial charge in [0.1, 0.15) is 0 Å². The van der Waals surface area contributed by atoms with Crippen molar-refractivity contribution in [2.75, 3.05) is 6.54 Å². The lowest BCUT2D eigenvalue weighted by atomic mass is 10.1. The largest absolute Gasteiger partial charge is 0.289 e. The quantitative estimate of drug-likeness (QED) is 0.558. The van der Waals surface area contributed by atoms with Crippen LogP contribution >= 0.6 is 0 Å². The maximum atomic E-state index is 3.85. The molecule has 0 aliphatic carbocycles. The van der Waals surface area contributed by atoms with E-state index in [0.717, 1.165) is 6.54 Å². The van der Waals surface area contributed by atoms with Crippen LogP contribution in [0.5, 0.6) is 0 Å². The van der Waals surface area contributed by atoms with Crippen LogP contribution in [-0.4, -0.2) is 12.8 Å². The van der Waals surface area contributed by atoms with Gasteiger partial charge in [0.05, 0.1) is 6.54 Å². The molecule has 0 radical (unpaired) electrons. The Hall–Kier alpha value is -0.590. The molecule has 1 nitrogen and oxygen atoms in total. The molecule has 1 aliphatic rings. The molecule has 14 heavy (non-hydrogen) atoms. The molecule has 0 atom stereocenters. The van der Waals surface area contributed by atoms with Gasteiger partial charge in [-0.1, -0.05) is 64.9 Å². The average Bonchev–Trinajstić information content (AvgIpc) is 2.76. The average molecular weight is 195 g/mol. The van der Waals surface area contributed by atoms with Gasteiger partial charge < -0.3 is 0 Å². The topological polar surface area (TPSA) is 12.4 Å². The summed E-state index contributed by atoms with van der Waals surface area (Å²) < 4.78 is 0. The number of rotatable bonds is 6. The monoisotopic (exact) mass is 195 g/mol. The summed E-state index contributed by atoms with van der Waals surface area (Å²) in [5.74, 6) is 0. The standard InChI is InChI=1S/C9H20.C4H5N/c1-3-5-7-9-8-6-4-2;1-2-4-5-3-1/h3-9H2,1-2H3;1-3H,4H2. The summed E-state index contributed by atoms with van der Waals surface area (Å²) >= 11 is 0. The van der Waals surface area contributed by atoms with Crippen LogP contribution in [0, 0.1) is 0 Å². The first kappa shape index (κ1) is 13.4. The molecule has 0 fully saturated rings. The Morgan fingerprint density at radius 3 is 1.79 bits per heavy atom. The van der Waals surface area contributed by atoms with Gasteiger partial charge in [0.25, 0.3) is 0 Å². The highest BCUT2D eigenvalue weighted by Gasteiger charge is 1.85. The van der Waals surface area contributed by atoms with Crippen molar-refractivity contribution in [3.8, 4) is 0 Å². The second kappa shape index (κ2) is 12.4. The van der Waals surface area contributed by atoms with E-state index in [9.17, 15) is 0 Å². The van der Waals surface area contributed by atoms with Gasteiger partial charge in [-0.2, -0.15) is 0 Å². The van der Waals surface area contributed by atoms with Gasteiger partial charge in [0, 0.05) is 6.21 Å². The second-order valence-electron chi connectivity index (χ2n) is 3.71. The second-order valence-corrected chi connectivity index (χ2v) is 3.71. The molecule has 82 valence electrons. The minimum absolute atomic E-state index is 0.889. The molecule has 1 heteroatoms. The summed E-state index contributed by atoms with van der Waals surface area (Å²) in [5, 5.41) is 0. The molecule has 0 N–H and O–H groups in total. The van der Waals surface area contributed by atoms with Gasteiger partial charge in [-0.25, -0.2) is 0 Å². The van der Waals surface area contributed by atoms with Gasteiger partial charge in [0.15, 0.2) is 0 Å². The first-order valence-corrected chi connectivity index (χ1v) is 6.06. The van der Waals surface area contributed by atoms with Crippen LogP contribution in [0.2, 0.25) is 0 Å². The molecule has 1 aliphatic heterocycles. The minimum atomic E-state index is 0.889. The summed E-state index contributed by atoms with van der Waals surface area (Å²) in [6.07, 6.45) is 15.7. The summed E-state index contributed by atoms with van der Waals surface area (Å²) in [6, 6.07) is 0. The van der Waals surface area contributed by atoms with Crippen molar-refractivity contribution in [2.45, 2.75) is 58.8 Å². The van der Waals surface area contributed by atoms with Crippen molar-refractivity contribution < 1.29 is 0 Å². The summed E-state index contributed by atoms with van der Waals surface area (Å²) in [7, 11) is 0. The van der Waals surface area contributed by atoms with E-state index in [4.69, 9.17) is 0 Å². The number of hydrogen-bond donors (Lipinski definition) is 0. The number of allylic oxidation sites excluding steroid dienone is 1. The third kappa shape index (κ3) is 11.4. The molecule has 0 saturated heterocycles. The Kier molecular flexibility index (Phi) is 11.9. The summed E-state index contributed by atoms with van der Waals surface area (Å²) in [5.41, 5.74) is 0. The smallest absolute Gasteiger partial charge is 0.0573 e. The van der Waals surface area contributed by atoms with E-state index in [0.29, 0.717) is 0 Å². The van der Waals surface area contributed by atoms with Crippen LogP contribution in [0.4, 0.5) is 0 Å². The number of hydrogen-bond acceptors (Lipinski definition) is 1. The fourth-order valence-corrected chi connectivity index (χ4v) is 1.33. The van der Waals surface area contributed by atoms with Crippen LogP contribution in [0.15, 0.2) is 17.1 Å². The third-order valence-electron chi connectivity index (χ3n) is 2.25. The van der Waals surface area contributed by atoms with E-state index in [1.807, 2.05) is 12.2 Å². The Bertz CT molecular complexity index is 131. The minimum Gasteiger partial charge on any atom is -0.289 e. The van der Waals surface area contributed by atoms with Crippen molar-refractivity contribution >= 4 is 6.21 Å². The highest BCUT2D eigenvalue weighted by Crippen LogP contribution is 2.05. The van der Waals surface area contributed by atoms with E-state index >= 15 is 0 Å². The Labute approximate surface area is 89.3 Å². The molecule has 0 saturated carbocycles. The fourth-order valence-electron chi connectivity index (χ4n) is 1.33. The van der Waals surface area contributed by atoms with Crippen LogP contribution in [0.25, 0.3) is 0 Å². The van der Waals surface area contributed by atoms with E-state index in [1.165, 1.54) is 44.9 Å². The predicted molar refractivity (Wildman–Crippen MR) is 66.2 cm³/mol. The zero-order valence-corrected chi connectivity index (χ0v) is 9.84. The van der Waals surface area contributed by atoms with Crippen LogP contribution in [0.3, 0.4) is 0 Å². The highest BCUT2D eigenvalue weighted by molar-refractivity contribution is 5.73. The molecule has 0 bridgehead atoms. The Morgan fingerprint density at radius 1 is 0.929 bits per heavy atom. The third-order valence-corrected chi connectivity index (χ3v) is 2.25. The lowest BCUT2D eigenvalue weighted by molar-refractivity contribution is 0.602. The van der Waals surface area contributed by atoms with Crippen molar-refractivity contribution in [3.63, 3.8) is 0 Å². The van der Waals surface area contributed by atoms with Gasteiger partial charge in [-0.05, 0) is 6.08 Å². The lowest BCUT2D eigenvalue weighted by Crippen LogP contribution is -1.76. The number of unbranched alkanes of at least 4 members (excludes halogenated alkanes) is 6. The van der Waals surface area contributed by atoms with Crippen molar-refractivity contribution in [1.82, 2.24) is 0 Å². The SMILES string of the molecule is C1=CCN=C1.CCCCCCCCC. The maximum absolute atomic E-state index is 3.85. The molecule has 0 spiro atoms. The predicted octanol–water partition coefficient (Wildman–Crippen LogP) is 4.38. The van der Waals surface area contributed by atoms with Crippen molar-refractivity contribution in [2.24, 2.45) is 4.99 Å². The van der Waals surface area contributed by atoms with E-state index in [2.05, 4.69) is 18.8 Å². The maximum Gasteiger partial charge on any atom is 0.0573 e. The van der Waals surface area contributed by atoms with Crippen LogP contribution in [-0.2, 0) is 0 Å². The number of aliphatic imine (C=N–C) groups is 1. The highest BCUT2D eigenvalue weighted by atomic mass is 14.7. The summed E-state index contributed by atoms with van der Waals surface area (Å²) in [6.45, 7) is 5.42. The van der Waals surface area contributed by atoms with Gasteiger partial charge in [-0.3, -0.25) is 4.99 Å². The lowest BCUT2D eigenvalue weighted by Gasteiger charge is -1.96. The van der Waals surface area contributed by atoms with E-state index in [-0.39, 0.29) is 0 Å². The first-order chi connectivity index (χ1) is 6.91. The first-order valence-electron chi connectivity index (χ1n) is 6.06. The summed E-state index contributed by atoms with van der Waals surface area (Å²) in [4.78, 5) is 3.85. The van der Waals surface area contributed by atoms with E-state index in [1.54, 1.807) is 6.21 Å². The van der Waals surface area contributed by atoms with Gasteiger partial charge in [0.2, 0.25) is 0 Å². The molecular weight excluding hydrogens is 170 g/mol. The van der Waals surface area contributed by atoms with Crippen molar-refractivity contribution in [3.05, 3.63) is 12.2 Å². The molecule has 0 aromatic rings. The zero-order chi connectivity index (χ0) is 10.5. The normalized spacial score (nSPS) is 12.7.